The SMILES string of the molecule is C[C@H](OC(=O)[C@H](Cc1ccccc1)NC(=O)OCc1ccccc1)C(=O)N[C@@H](Cc1ccccc1)C(=O)O[C@@H](C)C(=O)OC(C)(C)C. The van der Waals surface area contributed by atoms with Crippen molar-refractivity contribution in [2.45, 2.75) is 84.0 Å². The lowest BCUT2D eigenvalue weighted by molar-refractivity contribution is -0.175. The van der Waals surface area contributed by atoms with E-state index in [2.05, 4.69) is 10.6 Å². The third-order valence-electron chi connectivity index (χ3n) is 6.65. The van der Waals surface area contributed by atoms with E-state index in [9.17, 15) is 24.0 Å². The van der Waals surface area contributed by atoms with Gasteiger partial charge < -0.3 is 29.6 Å². The van der Waals surface area contributed by atoms with Crippen LogP contribution in [0.15, 0.2) is 91.0 Å². The fourth-order valence-corrected chi connectivity index (χ4v) is 4.28. The molecule has 0 radical (unpaired) electrons. The third kappa shape index (κ3) is 13.0. The molecule has 0 aliphatic heterocycles. The first-order chi connectivity index (χ1) is 22.3. The van der Waals surface area contributed by atoms with Crippen LogP contribution in [0.5, 0.6) is 0 Å². The molecule has 3 aromatic rings. The zero-order valence-electron chi connectivity index (χ0n) is 27.3. The van der Waals surface area contributed by atoms with Gasteiger partial charge in [-0.15, -0.1) is 0 Å². The van der Waals surface area contributed by atoms with Gasteiger partial charge in [0.2, 0.25) is 0 Å². The number of rotatable bonds is 14. The van der Waals surface area contributed by atoms with Crippen LogP contribution in [0.25, 0.3) is 0 Å². The predicted octanol–water partition coefficient (Wildman–Crippen LogP) is 4.46. The molecule has 11 heteroatoms. The van der Waals surface area contributed by atoms with Crippen LogP contribution in [0.3, 0.4) is 0 Å². The molecule has 0 aliphatic rings. The summed E-state index contributed by atoms with van der Waals surface area (Å²) in [5.74, 6) is -3.28. The van der Waals surface area contributed by atoms with Crippen LogP contribution in [0.2, 0.25) is 0 Å². The first-order valence-electron chi connectivity index (χ1n) is 15.3. The number of esters is 3. The minimum absolute atomic E-state index is 0.00989. The number of amides is 2. The Bertz CT molecular complexity index is 1470. The maximum absolute atomic E-state index is 13.3. The van der Waals surface area contributed by atoms with Gasteiger partial charge in [-0.3, -0.25) is 4.79 Å². The highest BCUT2D eigenvalue weighted by atomic mass is 16.6. The first-order valence-corrected chi connectivity index (χ1v) is 15.3. The molecule has 0 aliphatic carbocycles. The number of hydrogen-bond donors (Lipinski definition) is 2. The van der Waals surface area contributed by atoms with Gasteiger partial charge in [-0.1, -0.05) is 91.0 Å². The molecular formula is C36H42N2O9. The molecule has 0 saturated heterocycles. The number of ether oxygens (including phenoxy) is 4. The van der Waals surface area contributed by atoms with Crippen molar-refractivity contribution in [3.05, 3.63) is 108 Å². The second-order valence-corrected chi connectivity index (χ2v) is 11.9. The second kappa shape index (κ2) is 17.5. The van der Waals surface area contributed by atoms with Gasteiger partial charge in [0.25, 0.3) is 5.91 Å². The second-order valence-electron chi connectivity index (χ2n) is 11.9. The fraction of sp³-hybridized carbons (Fsp3) is 0.361. The Morgan fingerprint density at radius 2 is 1.02 bits per heavy atom. The summed E-state index contributed by atoms with van der Waals surface area (Å²) in [7, 11) is 0. The van der Waals surface area contributed by atoms with Crippen molar-refractivity contribution in [2.75, 3.05) is 0 Å². The van der Waals surface area contributed by atoms with Crippen molar-refractivity contribution in [1.29, 1.82) is 0 Å². The molecule has 3 aromatic carbocycles. The summed E-state index contributed by atoms with van der Waals surface area (Å²) in [5.41, 5.74) is 1.42. The average molecular weight is 647 g/mol. The van der Waals surface area contributed by atoms with Crippen molar-refractivity contribution in [1.82, 2.24) is 10.6 Å². The molecular weight excluding hydrogens is 604 g/mol. The largest absolute Gasteiger partial charge is 0.457 e. The van der Waals surface area contributed by atoms with Crippen molar-refractivity contribution < 1.29 is 42.9 Å². The van der Waals surface area contributed by atoms with E-state index in [-0.39, 0.29) is 19.4 Å². The summed E-state index contributed by atoms with van der Waals surface area (Å²) in [6.07, 6.45) is -3.33. The number of alkyl carbamates (subject to hydrolysis) is 1. The standard InChI is InChI=1S/C36H42N2O9/c1-24(31(39)37-29(21-26-15-9-6-10-16-26)33(41)46-25(2)32(40)47-36(3,4)5)45-34(42)30(22-27-17-11-7-12-18-27)38-35(43)44-23-28-19-13-8-14-20-28/h6-20,24-25,29-30H,21-23H2,1-5H3,(H,37,39)(H,38,43)/t24-,25-,29-,30-/m0/s1. The molecule has 4 atom stereocenters. The highest BCUT2D eigenvalue weighted by Gasteiger charge is 2.32. The van der Waals surface area contributed by atoms with Gasteiger partial charge in [-0.25, -0.2) is 19.2 Å². The zero-order chi connectivity index (χ0) is 34.4. The summed E-state index contributed by atoms with van der Waals surface area (Å²) in [6.45, 7) is 7.78. The minimum atomic E-state index is -1.36. The van der Waals surface area contributed by atoms with E-state index in [0.29, 0.717) is 5.56 Å². The van der Waals surface area contributed by atoms with E-state index < -0.39 is 59.8 Å². The lowest BCUT2D eigenvalue weighted by Gasteiger charge is -2.25. The van der Waals surface area contributed by atoms with Crippen molar-refractivity contribution in [3.63, 3.8) is 0 Å². The smallest absolute Gasteiger partial charge is 0.408 e. The molecule has 0 saturated carbocycles. The molecule has 3 rings (SSSR count). The van der Waals surface area contributed by atoms with E-state index in [4.69, 9.17) is 18.9 Å². The molecule has 2 N–H and O–H groups in total. The van der Waals surface area contributed by atoms with E-state index in [1.165, 1.54) is 13.8 Å². The Labute approximate surface area is 274 Å². The summed E-state index contributed by atoms with van der Waals surface area (Å²) in [4.78, 5) is 64.8. The van der Waals surface area contributed by atoms with E-state index in [1.54, 1.807) is 87.5 Å². The minimum Gasteiger partial charge on any atom is -0.457 e. The Morgan fingerprint density at radius 3 is 1.49 bits per heavy atom. The first kappa shape index (κ1) is 36.3. The third-order valence-corrected chi connectivity index (χ3v) is 6.65. The number of nitrogens with one attached hydrogen (secondary N) is 2. The molecule has 250 valence electrons. The van der Waals surface area contributed by atoms with Gasteiger partial charge in [-0.05, 0) is 51.3 Å². The van der Waals surface area contributed by atoms with Crippen LogP contribution >= 0.6 is 0 Å². The monoisotopic (exact) mass is 646 g/mol. The number of carbonyl (C=O) groups excluding carboxylic acids is 5. The molecule has 47 heavy (non-hydrogen) atoms. The van der Waals surface area contributed by atoms with E-state index in [0.717, 1.165) is 11.1 Å². The van der Waals surface area contributed by atoms with Gasteiger partial charge in [0.1, 0.15) is 24.3 Å². The van der Waals surface area contributed by atoms with Crippen LogP contribution in [-0.2, 0) is 57.6 Å². The molecule has 0 unspecified atom stereocenters. The molecule has 2 amide bonds. The predicted molar refractivity (Wildman–Crippen MR) is 173 cm³/mol. The quantitative estimate of drug-likeness (QED) is 0.192. The topological polar surface area (TPSA) is 146 Å². The van der Waals surface area contributed by atoms with Crippen LogP contribution in [0.4, 0.5) is 4.79 Å². The Morgan fingerprint density at radius 1 is 0.596 bits per heavy atom. The van der Waals surface area contributed by atoms with Crippen molar-refractivity contribution >= 4 is 29.9 Å². The summed E-state index contributed by atoms with van der Waals surface area (Å²) >= 11 is 0. The molecule has 0 spiro atoms. The Kier molecular flexibility index (Phi) is 13.5. The highest BCUT2D eigenvalue weighted by Crippen LogP contribution is 2.13. The molecule has 0 heterocycles. The van der Waals surface area contributed by atoms with Crippen LogP contribution in [0.1, 0.15) is 51.3 Å². The lowest BCUT2D eigenvalue weighted by Crippen LogP contribution is -2.50. The normalized spacial score (nSPS) is 13.6. The number of hydrogen-bond acceptors (Lipinski definition) is 9. The Hall–Kier alpha value is -5.19. The van der Waals surface area contributed by atoms with Gasteiger partial charge in [-0.2, -0.15) is 0 Å². The van der Waals surface area contributed by atoms with E-state index in [1.807, 2.05) is 24.3 Å². The van der Waals surface area contributed by atoms with Crippen molar-refractivity contribution in [2.24, 2.45) is 0 Å². The van der Waals surface area contributed by atoms with Gasteiger partial charge in [0, 0.05) is 12.8 Å². The molecule has 11 nitrogen and oxygen atoms in total. The highest BCUT2D eigenvalue weighted by molar-refractivity contribution is 5.90. The lowest BCUT2D eigenvalue weighted by atomic mass is 10.1. The van der Waals surface area contributed by atoms with E-state index >= 15 is 0 Å². The van der Waals surface area contributed by atoms with Gasteiger partial charge in [0.05, 0.1) is 0 Å². The summed E-state index contributed by atoms with van der Waals surface area (Å²) in [5, 5.41) is 5.11. The van der Waals surface area contributed by atoms with Gasteiger partial charge in [0.15, 0.2) is 12.2 Å². The maximum atomic E-state index is 13.3. The summed E-state index contributed by atoms with van der Waals surface area (Å²) in [6, 6.07) is 24.5. The molecule has 0 bridgehead atoms. The summed E-state index contributed by atoms with van der Waals surface area (Å²) < 4.78 is 21.4. The average Bonchev–Trinajstić information content (AvgIpc) is 3.03. The molecule has 0 fully saturated rings. The van der Waals surface area contributed by atoms with Crippen molar-refractivity contribution in [3.8, 4) is 0 Å². The number of benzene rings is 3. The van der Waals surface area contributed by atoms with Gasteiger partial charge >= 0.3 is 24.0 Å². The molecule has 0 aromatic heterocycles. The van der Waals surface area contributed by atoms with Crippen LogP contribution in [-0.4, -0.2) is 59.8 Å². The van der Waals surface area contributed by atoms with Crippen LogP contribution < -0.4 is 10.6 Å². The maximum Gasteiger partial charge on any atom is 0.408 e. The fourth-order valence-electron chi connectivity index (χ4n) is 4.28. The zero-order valence-corrected chi connectivity index (χ0v) is 27.3. The Balaban J connectivity index is 1.68. The van der Waals surface area contributed by atoms with Crippen LogP contribution in [0, 0.1) is 0 Å². The number of carbonyl (C=O) groups is 5.